The molecular weight excluding hydrogens is 797 g/mol. The van der Waals surface area contributed by atoms with Crippen molar-refractivity contribution in [2.24, 2.45) is 58.2 Å². The fourth-order valence-electron chi connectivity index (χ4n) is 18.6. The van der Waals surface area contributed by atoms with Gasteiger partial charge >= 0.3 is 0 Å². The van der Waals surface area contributed by atoms with E-state index in [0.717, 1.165) is 47.3 Å². The first-order valence-corrected chi connectivity index (χ1v) is 29.5. The van der Waals surface area contributed by atoms with Gasteiger partial charge in [-0.15, -0.1) is 0 Å². The smallest absolute Gasteiger partial charge is 0.0335 e. The summed E-state index contributed by atoms with van der Waals surface area (Å²) in [7, 11) is 0. The minimum Gasteiger partial charge on any atom is -0.317 e. The molecule has 0 aliphatic carbocycles. The van der Waals surface area contributed by atoms with Crippen LogP contribution in [0.15, 0.2) is 0 Å². The summed E-state index contributed by atoms with van der Waals surface area (Å²) in [5.41, 5.74) is 0.889. The quantitative estimate of drug-likeness (QED) is 0.165. The molecule has 0 aromatic carbocycles. The van der Waals surface area contributed by atoms with E-state index in [9.17, 15) is 0 Å². The Hall–Kier alpha value is -0.320. The van der Waals surface area contributed by atoms with Crippen LogP contribution in [-0.2, 0) is 0 Å². The number of rotatable bonds is 16. The summed E-state index contributed by atoms with van der Waals surface area (Å²) in [6.07, 6.45) is 23.0. The second kappa shape index (κ2) is 23.3. The van der Waals surface area contributed by atoms with Crippen LogP contribution < -0.4 is 5.32 Å². The Kier molecular flexibility index (Phi) is 18.3. The fourth-order valence-corrected chi connectivity index (χ4v) is 18.6. The third kappa shape index (κ3) is 10.3. The topological polar surface area (TPSA) is 34.7 Å². The van der Waals surface area contributed by atoms with Crippen LogP contribution in [-0.4, -0.2) is 183 Å². The summed E-state index contributed by atoms with van der Waals surface area (Å²) in [6.45, 7) is 47.8. The Morgan fingerprint density at radius 2 is 0.892 bits per heavy atom. The highest BCUT2D eigenvalue weighted by atomic mass is 15.3. The maximum absolute atomic E-state index is 3.99. The minimum absolute atomic E-state index is 0.235. The molecule has 0 saturated carbocycles. The van der Waals surface area contributed by atoms with Crippen molar-refractivity contribution in [3.8, 4) is 0 Å². The largest absolute Gasteiger partial charge is 0.317 e. The second-order valence-electron chi connectivity index (χ2n) is 24.7. The van der Waals surface area contributed by atoms with Crippen LogP contribution >= 0.6 is 0 Å². The molecular formula is C57H108N8. The van der Waals surface area contributed by atoms with Gasteiger partial charge in [-0.05, 0) is 293 Å². The van der Waals surface area contributed by atoms with E-state index in [0.29, 0.717) is 16.9 Å². The van der Waals surface area contributed by atoms with Gasteiger partial charge < -0.3 is 34.7 Å². The maximum atomic E-state index is 3.99. The molecule has 8 heteroatoms. The molecule has 0 spiro atoms. The van der Waals surface area contributed by atoms with Crippen molar-refractivity contribution >= 4 is 0 Å². The lowest BCUT2D eigenvalue weighted by atomic mass is 9.32. The Labute approximate surface area is 403 Å². The van der Waals surface area contributed by atoms with Crippen LogP contribution in [0.25, 0.3) is 0 Å². The van der Waals surface area contributed by atoms with Gasteiger partial charge in [-0.2, -0.15) is 0 Å². The van der Waals surface area contributed by atoms with Gasteiger partial charge in [0.2, 0.25) is 0 Å². The molecule has 0 bridgehead atoms. The van der Waals surface area contributed by atoms with Crippen LogP contribution in [0.4, 0.5) is 0 Å². The van der Waals surface area contributed by atoms with E-state index < -0.39 is 0 Å². The zero-order chi connectivity index (χ0) is 45.6. The van der Waals surface area contributed by atoms with E-state index in [1.807, 2.05) is 0 Å². The molecule has 8 nitrogen and oxygen atoms in total. The van der Waals surface area contributed by atoms with Crippen LogP contribution in [0.3, 0.4) is 0 Å². The molecule has 8 aliphatic heterocycles. The molecule has 3 unspecified atom stereocenters. The standard InChI is InChI=1S/C57H108N8/c1-9-59-33-18-48(19-34-59)54-55(49-16-29-58-30-17-49,28-43-63-31-14-13-15-32-63)45-65(47(7)8)57(52-24-37-61(11-3)38-25-52,53-26-39-62(12-4)40-27-53)56(54,50-20-35-60(10-2)36-21-50)51-22-41-64(42-23-51)44-46(5)6/h46-54,58H,9-45H2,1-8H3. The van der Waals surface area contributed by atoms with Crippen LogP contribution in [0, 0.1) is 58.2 Å². The molecule has 376 valence electrons. The van der Waals surface area contributed by atoms with Gasteiger partial charge in [-0.3, -0.25) is 4.90 Å². The lowest BCUT2D eigenvalue weighted by Crippen LogP contribution is -2.84. The normalized spacial score (nSPS) is 33.8. The monoisotopic (exact) mass is 905 g/mol. The predicted molar refractivity (Wildman–Crippen MR) is 277 cm³/mol. The van der Waals surface area contributed by atoms with Crippen molar-refractivity contribution in [2.75, 3.05) is 137 Å². The zero-order valence-corrected chi connectivity index (χ0v) is 44.5. The molecule has 65 heavy (non-hydrogen) atoms. The number of hydrogen-bond donors (Lipinski definition) is 1. The van der Waals surface area contributed by atoms with Crippen molar-refractivity contribution < 1.29 is 0 Å². The minimum atomic E-state index is 0.235. The third-order valence-corrected chi connectivity index (χ3v) is 21.3. The predicted octanol–water partition coefficient (Wildman–Crippen LogP) is 9.21. The first kappa shape index (κ1) is 51.0. The Balaban J connectivity index is 1.43. The van der Waals surface area contributed by atoms with E-state index in [-0.39, 0.29) is 5.54 Å². The van der Waals surface area contributed by atoms with Crippen molar-refractivity contribution in [3.05, 3.63) is 0 Å². The second-order valence-corrected chi connectivity index (χ2v) is 24.7. The average Bonchev–Trinajstić information content (AvgIpc) is 3.36. The highest BCUT2D eigenvalue weighted by molar-refractivity contribution is 5.27. The number of nitrogens with one attached hydrogen (secondary N) is 1. The van der Waals surface area contributed by atoms with E-state index in [4.69, 9.17) is 0 Å². The van der Waals surface area contributed by atoms with Crippen molar-refractivity contribution in [1.29, 1.82) is 0 Å². The molecule has 0 aromatic rings. The molecule has 0 radical (unpaired) electrons. The molecule has 8 aliphatic rings. The Bertz CT molecular complexity index is 1350. The lowest BCUT2D eigenvalue weighted by Gasteiger charge is -2.80. The summed E-state index contributed by atoms with van der Waals surface area (Å²) in [4.78, 5) is 21.1. The van der Waals surface area contributed by atoms with Crippen LogP contribution in [0.5, 0.6) is 0 Å². The average molecular weight is 906 g/mol. The third-order valence-electron chi connectivity index (χ3n) is 21.3. The van der Waals surface area contributed by atoms with E-state index in [1.54, 1.807) is 0 Å². The highest BCUT2D eigenvalue weighted by Gasteiger charge is 2.77. The summed E-state index contributed by atoms with van der Waals surface area (Å²) >= 11 is 0. The summed E-state index contributed by atoms with van der Waals surface area (Å²) < 4.78 is 0. The molecule has 8 saturated heterocycles. The van der Waals surface area contributed by atoms with Crippen LogP contribution in [0.2, 0.25) is 0 Å². The van der Waals surface area contributed by atoms with Gasteiger partial charge in [0.1, 0.15) is 0 Å². The van der Waals surface area contributed by atoms with Crippen molar-refractivity contribution in [1.82, 2.24) is 39.6 Å². The van der Waals surface area contributed by atoms with Crippen molar-refractivity contribution in [2.45, 2.75) is 170 Å². The Morgan fingerprint density at radius 3 is 1.32 bits per heavy atom. The van der Waals surface area contributed by atoms with Gasteiger partial charge in [0, 0.05) is 24.7 Å². The van der Waals surface area contributed by atoms with Gasteiger partial charge in [0.05, 0.1) is 0 Å². The van der Waals surface area contributed by atoms with Gasteiger partial charge in [0.25, 0.3) is 0 Å². The van der Waals surface area contributed by atoms with E-state index in [2.05, 4.69) is 95.0 Å². The fraction of sp³-hybridized carbons (Fsp3) is 1.00. The lowest BCUT2D eigenvalue weighted by molar-refractivity contribution is -0.313. The van der Waals surface area contributed by atoms with Gasteiger partial charge in [0.15, 0.2) is 0 Å². The van der Waals surface area contributed by atoms with Crippen LogP contribution in [0.1, 0.15) is 158 Å². The first-order chi connectivity index (χ1) is 31.6. The molecule has 0 aromatic heterocycles. The highest BCUT2D eigenvalue weighted by Crippen LogP contribution is 2.75. The molecule has 8 rings (SSSR count). The summed E-state index contributed by atoms with van der Waals surface area (Å²) in [5, 5.41) is 3.99. The SMILES string of the molecule is CCN1CCC(C2C(CCN3CCCCC3)(C3CCNCC3)CN(C(C)C)C(C3CCN(CC)CC3)(C3CCN(CC)CC3)C2(C2CCN(CC)CC2)C2CCN(CC(C)C)CC2)CC1. The first-order valence-electron chi connectivity index (χ1n) is 29.5. The molecule has 1 N–H and O–H groups in total. The molecule has 0 amide bonds. The summed E-state index contributed by atoms with van der Waals surface area (Å²) in [6, 6.07) is 0.568. The number of hydrogen-bond acceptors (Lipinski definition) is 8. The molecule has 3 atom stereocenters. The van der Waals surface area contributed by atoms with Gasteiger partial charge in [-0.1, -0.05) is 48.0 Å². The van der Waals surface area contributed by atoms with E-state index in [1.165, 1.54) is 240 Å². The summed E-state index contributed by atoms with van der Waals surface area (Å²) in [5.74, 6) is 6.41. The molecule has 8 heterocycles. The number of likely N-dealkylation sites (tertiary alicyclic amines) is 7. The van der Waals surface area contributed by atoms with Crippen molar-refractivity contribution in [3.63, 3.8) is 0 Å². The maximum Gasteiger partial charge on any atom is 0.0335 e. The molecule has 8 fully saturated rings. The zero-order valence-electron chi connectivity index (χ0n) is 44.5. The van der Waals surface area contributed by atoms with E-state index >= 15 is 0 Å². The number of nitrogens with zero attached hydrogens (tertiary/aromatic N) is 7. The Morgan fingerprint density at radius 1 is 0.462 bits per heavy atom. The van der Waals surface area contributed by atoms with Gasteiger partial charge in [-0.25, -0.2) is 0 Å². The number of piperidine rings is 8.